The highest BCUT2D eigenvalue weighted by Gasteiger charge is 2.34. The van der Waals surface area contributed by atoms with Crippen LogP contribution in [0.15, 0.2) is 60.7 Å². The predicted octanol–water partition coefficient (Wildman–Crippen LogP) is 3.33. The fraction of sp³-hybridized carbons (Fsp3) is 0.357. The van der Waals surface area contributed by atoms with Crippen molar-refractivity contribution in [3.05, 3.63) is 71.8 Å². The molecule has 4 rings (SSSR count). The number of amides is 2. The largest absolute Gasteiger partial charge is 0.486 e. The minimum atomic E-state index is -1.26. The molecule has 0 bridgehead atoms. The van der Waals surface area contributed by atoms with E-state index >= 15 is 0 Å². The Labute approximate surface area is 221 Å². The lowest BCUT2D eigenvalue weighted by atomic mass is 10.1. The van der Waals surface area contributed by atoms with E-state index in [0.29, 0.717) is 36.4 Å². The lowest BCUT2D eigenvalue weighted by Gasteiger charge is -2.31. The Morgan fingerprint density at radius 2 is 1.50 bits per heavy atom. The van der Waals surface area contributed by atoms with Gasteiger partial charge >= 0.3 is 11.9 Å². The number of carbonyl (C=O) groups excluding carboxylic acids is 2. The van der Waals surface area contributed by atoms with Gasteiger partial charge in [-0.15, -0.1) is 0 Å². The Hall–Kier alpha value is -4.18. The molecule has 10 heteroatoms. The van der Waals surface area contributed by atoms with Gasteiger partial charge in [-0.3, -0.25) is 19.4 Å². The molecule has 1 atom stereocenters. The van der Waals surface area contributed by atoms with Gasteiger partial charge in [0.25, 0.3) is 11.8 Å². The van der Waals surface area contributed by atoms with E-state index in [0.717, 1.165) is 50.4 Å². The minimum Gasteiger partial charge on any atom is -0.486 e. The Kier molecular flexibility index (Phi) is 10.4. The van der Waals surface area contributed by atoms with Gasteiger partial charge < -0.3 is 19.7 Å². The van der Waals surface area contributed by atoms with Gasteiger partial charge in [-0.1, -0.05) is 31.2 Å². The van der Waals surface area contributed by atoms with Gasteiger partial charge in [-0.25, -0.2) is 9.59 Å². The molecule has 2 N–H and O–H groups in total. The molecule has 0 aromatic heterocycles. The van der Waals surface area contributed by atoms with E-state index < -0.39 is 11.9 Å². The number of unbranched alkanes of at least 4 members (excludes halogenated alkanes) is 1. The van der Waals surface area contributed by atoms with Crippen molar-refractivity contribution >= 4 is 23.8 Å². The molecule has 202 valence electrons. The van der Waals surface area contributed by atoms with Gasteiger partial charge in [-0.05, 0) is 56.6 Å². The van der Waals surface area contributed by atoms with E-state index in [1.807, 2.05) is 24.3 Å². The first-order valence-corrected chi connectivity index (χ1v) is 12.5. The predicted molar refractivity (Wildman–Crippen MR) is 139 cm³/mol. The first-order valence-electron chi connectivity index (χ1n) is 12.5. The van der Waals surface area contributed by atoms with Gasteiger partial charge in [0.1, 0.15) is 12.7 Å². The van der Waals surface area contributed by atoms with Crippen molar-refractivity contribution in [2.24, 2.45) is 0 Å². The molecule has 1 unspecified atom stereocenters. The fourth-order valence-electron chi connectivity index (χ4n) is 4.24. The molecular weight excluding hydrogens is 492 g/mol. The van der Waals surface area contributed by atoms with E-state index in [-0.39, 0.29) is 17.9 Å². The molecule has 0 aliphatic carbocycles. The van der Waals surface area contributed by atoms with Crippen molar-refractivity contribution < 1.29 is 38.9 Å². The number of nitrogens with zero attached hydrogens (tertiary/aromatic N) is 2. The van der Waals surface area contributed by atoms with Crippen LogP contribution in [0.1, 0.15) is 46.9 Å². The van der Waals surface area contributed by atoms with Gasteiger partial charge in [0.2, 0.25) is 0 Å². The normalized spacial score (nSPS) is 15.8. The monoisotopic (exact) mass is 524 g/mol. The van der Waals surface area contributed by atoms with Crippen molar-refractivity contribution in [3.8, 4) is 11.5 Å². The number of benzene rings is 2. The van der Waals surface area contributed by atoms with Gasteiger partial charge in [0.15, 0.2) is 11.5 Å². The second-order valence-electron chi connectivity index (χ2n) is 8.82. The Balaban J connectivity index is 0.000000436. The molecule has 2 heterocycles. The summed E-state index contributed by atoms with van der Waals surface area (Å²) in [6, 6.07) is 14.8. The number of hydrogen-bond donors (Lipinski definition) is 2. The SMILES string of the molecule is CCCN(CCCCN1C(=O)c2ccccc2C1=O)CC1COc2ccccc2O1.O=C(O)/C=C/C(=O)O. The number of ether oxygens (including phenoxy) is 2. The van der Waals surface area contributed by atoms with E-state index in [1.54, 1.807) is 24.3 Å². The average molecular weight is 525 g/mol. The first kappa shape index (κ1) is 28.4. The van der Waals surface area contributed by atoms with Crippen molar-refractivity contribution in [1.82, 2.24) is 9.80 Å². The molecule has 2 aromatic rings. The van der Waals surface area contributed by atoms with E-state index in [1.165, 1.54) is 4.90 Å². The number of carboxylic acids is 2. The molecule has 0 spiro atoms. The number of carbonyl (C=O) groups is 4. The summed E-state index contributed by atoms with van der Waals surface area (Å²) in [4.78, 5) is 47.8. The second-order valence-corrected chi connectivity index (χ2v) is 8.82. The summed E-state index contributed by atoms with van der Waals surface area (Å²) in [6.07, 6.45) is 3.88. The van der Waals surface area contributed by atoms with Gasteiger partial charge in [-0.2, -0.15) is 0 Å². The van der Waals surface area contributed by atoms with Crippen molar-refractivity contribution in [2.75, 3.05) is 32.8 Å². The zero-order valence-corrected chi connectivity index (χ0v) is 21.2. The zero-order valence-electron chi connectivity index (χ0n) is 21.2. The van der Waals surface area contributed by atoms with Gasteiger partial charge in [0, 0.05) is 25.2 Å². The Bertz CT molecular complexity index is 1130. The highest BCUT2D eigenvalue weighted by molar-refractivity contribution is 6.21. The van der Waals surface area contributed by atoms with E-state index in [2.05, 4.69) is 11.8 Å². The van der Waals surface area contributed by atoms with Crippen LogP contribution in [0, 0.1) is 0 Å². The van der Waals surface area contributed by atoms with Crippen molar-refractivity contribution in [1.29, 1.82) is 0 Å². The molecule has 10 nitrogen and oxygen atoms in total. The second kappa shape index (κ2) is 13.9. The third kappa shape index (κ3) is 7.91. The van der Waals surface area contributed by atoms with E-state index in [4.69, 9.17) is 19.7 Å². The first-order chi connectivity index (χ1) is 18.3. The molecule has 2 aliphatic rings. The summed E-state index contributed by atoms with van der Waals surface area (Å²) in [5.74, 6) is -1.26. The molecule has 0 saturated heterocycles. The molecule has 38 heavy (non-hydrogen) atoms. The number of rotatable bonds is 11. The van der Waals surface area contributed by atoms with Crippen LogP contribution in [0.25, 0.3) is 0 Å². The van der Waals surface area contributed by atoms with Crippen LogP contribution in [-0.2, 0) is 9.59 Å². The van der Waals surface area contributed by atoms with Crippen molar-refractivity contribution in [2.45, 2.75) is 32.3 Å². The van der Waals surface area contributed by atoms with Crippen LogP contribution in [0.4, 0.5) is 0 Å². The molecule has 0 radical (unpaired) electrons. The summed E-state index contributed by atoms with van der Waals surface area (Å²) in [5, 5.41) is 15.6. The van der Waals surface area contributed by atoms with Crippen LogP contribution in [0.2, 0.25) is 0 Å². The summed E-state index contributed by atoms with van der Waals surface area (Å²) in [6.45, 7) is 5.86. The average Bonchev–Trinajstić information content (AvgIpc) is 3.15. The molecule has 2 aliphatic heterocycles. The number of para-hydroxylation sites is 2. The Morgan fingerprint density at radius 1 is 0.921 bits per heavy atom. The minimum absolute atomic E-state index is 0.00249. The summed E-state index contributed by atoms with van der Waals surface area (Å²) in [5.41, 5.74) is 1.04. The van der Waals surface area contributed by atoms with E-state index in [9.17, 15) is 19.2 Å². The smallest absolute Gasteiger partial charge is 0.328 e. The number of hydrogen-bond acceptors (Lipinski definition) is 7. The van der Waals surface area contributed by atoms with Crippen molar-refractivity contribution in [3.63, 3.8) is 0 Å². The summed E-state index contributed by atoms with van der Waals surface area (Å²) >= 11 is 0. The van der Waals surface area contributed by atoms with Crippen LogP contribution in [0.3, 0.4) is 0 Å². The topological polar surface area (TPSA) is 134 Å². The lowest BCUT2D eigenvalue weighted by molar-refractivity contribution is -0.134. The maximum absolute atomic E-state index is 12.5. The zero-order chi connectivity index (χ0) is 27.5. The fourth-order valence-corrected chi connectivity index (χ4v) is 4.24. The Morgan fingerprint density at radius 3 is 2.08 bits per heavy atom. The maximum Gasteiger partial charge on any atom is 0.328 e. The lowest BCUT2D eigenvalue weighted by Crippen LogP contribution is -2.41. The number of fused-ring (bicyclic) bond motifs is 2. The number of imide groups is 1. The summed E-state index contributed by atoms with van der Waals surface area (Å²) in [7, 11) is 0. The molecular formula is C28H32N2O8. The molecule has 2 aromatic carbocycles. The van der Waals surface area contributed by atoms with Crippen LogP contribution in [0.5, 0.6) is 11.5 Å². The number of aliphatic carboxylic acids is 2. The highest BCUT2D eigenvalue weighted by Crippen LogP contribution is 2.31. The van der Waals surface area contributed by atoms with Crippen LogP contribution < -0.4 is 9.47 Å². The highest BCUT2D eigenvalue weighted by atomic mass is 16.6. The van der Waals surface area contributed by atoms with Crippen LogP contribution >= 0.6 is 0 Å². The maximum atomic E-state index is 12.5. The standard InChI is InChI=1S/C24H28N2O4.C4H4O4/c1-2-13-25(16-18-17-29-21-11-5-6-12-22(21)30-18)14-7-8-15-26-23(27)19-9-3-4-10-20(19)24(26)28;5-3(6)1-2-4(7)8/h3-6,9-12,18H,2,7-8,13-17H2,1H3;1-2H,(H,5,6)(H,7,8)/b;2-1+. The molecule has 2 amide bonds. The summed E-state index contributed by atoms with van der Waals surface area (Å²) < 4.78 is 11.9. The molecule has 0 saturated carbocycles. The quantitative estimate of drug-likeness (QED) is 0.258. The molecule has 0 fully saturated rings. The van der Waals surface area contributed by atoms with Gasteiger partial charge in [0.05, 0.1) is 11.1 Å². The third-order valence-electron chi connectivity index (χ3n) is 5.92. The third-order valence-corrected chi connectivity index (χ3v) is 5.92. The van der Waals surface area contributed by atoms with Crippen LogP contribution in [-0.4, -0.2) is 82.7 Å². The number of carboxylic acid groups (broad SMARTS) is 2.